The average Bonchev–Trinajstić information content (AvgIpc) is 2.73. The molecule has 0 unspecified atom stereocenters. The van der Waals surface area contributed by atoms with Crippen LogP contribution in [0.15, 0.2) is 52.9 Å². The first-order chi connectivity index (χ1) is 14.5. The molecule has 0 atom stereocenters. The van der Waals surface area contributed by atoms with E-state index < -0.39 is 11.7 Å². The Morgan fingerprint density at radius 1 is 1.23 bits per heavy atom. The van der Waals surface area contributed by atoms with Gasteiger partial charge in [0.25, 0.3) is 11.7 Å². The maximum atomic E-state index is 12.4. The zero-order valence-corrected chi connectivity index (χ0v) is 17.5. The smallest absolute Gasteiger partial charge is 0.288 e. The van der Waals surface area contributed by atoms with Gasteiger partial charge in [0.15, 0.2) is 11.5 Å². The number of nitrogens with zero attached hydrogens (tertiary/aromatic N) is 1. The van der Waals surface area contributed by atoms with Crippen LogP contribution in [-0.2, 0) is 4.79 Å². The predicted octanol–water partition coefficient (Wildman–Crippen LogP) is 5.73. The number of ether oxygens (including phenoxy) is 2. The third kappa shape index (κ3) is 7.08. The maximum absolute atomic E-state index is 12.4. The molecule has 8 heteroatoms. The van der Waals surface area contributed by atoms with Crippen LogP contribution in [0.1, 0.15) is 25.3 Å². The molecule has 0 radical (unpaired) electrons. The molecule has 0 heterocycles. The molecular formula is C22H22F2N2O3S. The summed E-state index contributed by atoms with van der Waals surface area (Å²) in [5.41, 5.74) is 0.904. The van der Waals surface area contributed by atoms with Gasteiger partial charge >= 0.3 is 0 Å². The number of thioether (sulfide) groups is 1. The Kier molecular flexibility index (Phi) is 9.16. The highest BCUT2D eigenvalue weighted by Gasteiger charge is 2.12. The maximum Gasteiger partial charge on any atom is 0.288 e. The van der Waals surface area contributed by atoms with E-state index in [9.17, 15) is 18.8 Å². The lowest BCUT2D eigenvalue weighted by Crippen LogP contribution is -2.13. The number of nitrogens with one attached hydrogen (secondary N) is 1. The predicted molar refractivity (Wildman–Crippen MR) is 114 cm³/mol. The van der Waals surface area contributed by atoms with Crippen molar-refractivity contribution in [1.82, 2.24) is 0 Å². The zero-order valence-electron chi connectivity index (χ0n) is 16.7. The summed E-state index contributed by atoms with van der Waals surface area (Å²) in [4.78, 5) is 12.8. The van der Waals surface area contributed by atoms with Crippen LogP contribution in [0.5, 0.6) is 11.5 Å². The molecule has 0 aliphatic heterocycles. The lowest BCUT2D eigenvalue weighted by Gasteiger charge is -2.11. The van der Waals surface area contributed by atoms with Crippen LogP contribution in [0.4, 0.5) is 14.5 Å². The minimum Gasteiger partial charge on any atom is -0.493 e. The largest absolute Gasteiger partial charge is 0.493 e. The molecule has 1 N–H and O–H groups in total. The van der Waals surface area contributed by atoms with Crippen molar-refractivity contribution in [2.75, 3.05) is 19.0 Å². The second-order valence-corrected chi connectivity index (χ2v) is 7.20. The highest BCUT2D eigenvalue weighted by atomic mass is 32.2. The molecule has 2 aromatic rings. The summed E-state index contributed by atoms with van der Waals surface area (Å²) in [6, 6.07) is 13.0. The van der Waals surface area contributed by atoms with E-state index in [1.54, 1.807) is 18.2 Å². The van der Waals surface area contributed by atoms with Gasteiger partial charge < -0.3 is 14.8 Å². The van der Waals surface area contributed by atoms with E-state index in [1.165, 1.54) is 37.5 Å². The van der Waals surface area contributed by atoms with Crippen LogP contribution in [0.25, 0.3) is 6.08 Å². The summed E-state index contributed by atoms with van der Waals surface area (Å²) in [6.45, 7) is 2.59. The van der Waals surface area contributed by atoms with Crippen molar-refractivity contribution >= 4 is 29.4 Å². The quantitative estimate of drug-likeness (QED) is 0.225. The topological polar surface area (TPSA) is 71.3 Å². The second-order valence-electron chi connectivity index (χ2n) is 6.14. The molecule has 0 saturated heterocycles. The second kappa shape index (κ2) is 11.8. The Labute approximate surface area is 178 Å². The van der Waals surface area contributed by atoms with E-state index in [0.29, 0.717) is 46.0 Å². The monoisotopic (exact) mass is 432 g/mol. The first-order valence-electron chi connectivity index (χ1n) is 9.25. The molecular weight excluding hydrogens is 410 g/mol. The van der Waals surface area contributed by atoms with Crippen LogP contribution >= 0.6 is 11.8 Å². The highest BCUT2D eigenvalue weighted by Crippen LogP contribution is 2.29. The molecule has 0 aliphatic rings. The van der Waals surface area contributed by atoms with Crippen LogP contribution in [-0.4, -0.2) is 25.4 Å². The van der Waals surface area contributed by atoms with Crippen LogP contribution in [0.2, 0.25) is 0 Å². The van der Waals surface area contributed by atoms with Gasteiger partial charge in [0.05, 0.1) is 13.7 Å². The first-order valence-corrected chi connectivity index (χ1v) is 10.1. The first kappa shape index (κ1) is 23.2. The van der Waals surface area contributed by atoms with E-state index in [2.05, 4.69) is 12.2 Å². The summed E-state index contributed by atoms with van der Waals surface area (Å²) < 4.78 is 35.8. The van der Waals surface area contributed by atoms with Gasteiger partial charge in [-0.25, -0.2) is 0 Å². The zero-order chi connectivity index (χ0) is 21.9. The Morgan fingerprint density at radius 2 is 1.97 bits per heavy atom. The lowest BCUT2D eigenvalue weighted by atomic mass is 10.1. The highest BCUT2D eigenvalue weighted by molar-refractivity contribution is 7.99. The number of methoxy groups -OCH3 is 1. The molecule has 0 bridgehead atoms. The Bertz CT molecular complexity index is 925. The molecule has 0 saturated carbocycles. The molecule has 2 rings (SSSR count). The Morgan fingerprint density at radius 3 is 2.57 bits per heavy atom. The van der Waals surface area contributed by atoms with Gasteiger partial charge in [-0.05, 0) is 54.5 Å². The van der Waals surface area contributed by atoms with Gasteiger partial charge in [0.1, 0.15) is 11.6 Å². The number of hydrogen-bond acceptors (Lipinski definition) is 5. The number of carbonyl (C=O) groups is 1. The van der Waals surface area contributed by atoms with Crippen molar-refractivity contribution in [2.45, 2.75) is 30.4 Å². The number of amides is 1. The van der Waals surface area contributed by atoms with Crippen molar-refractivity contribution in [2.24, 2.45) is 0 Å². The van der Waals surface area contributed by atoms with Crippen LogP contribution < -0.4 is 14.8 Å². The van der Waals surface area contributed by atoms with E-state index in [1.807, 2.05) is 6.07 Å². The molecule has 5 nitrogen and oxygen atoms in total. The number of nitriles is 1. The third-order valence-electron chi connectivity index (χ3n) is 3.96. The SMILES string of the molecule is CCCCOc1cc(/C=C(\C#N)C(=O)Nc2ccc(SC(F)F)cc2)ccc1OC. The number of carbonyl (C=O) groups excluding carboxylic acids is 1. The summed E-state index contributed by atoms with van der Waals surface area (Å²) >= 11 is 0.418. The van der Waals surface area contributed by atoms with Crippen molar-refractivity contribution in [3.8, 4) is 17.6 Å². The normalized spacial score (nSPS) is 11.1. The molecule has 158 valence electrons. The third-order valence-corrected chi connectivity index (χ3v) is 4.68. The van der Waals surface area contributed by atoms with E-state index >= 15 is 0 Å². The average molecular weight is 432 g/mol. The van der Waals surface area contributed by atoms with E-state index in [0.717, 1.165) is 12.8 Å². The fourth-order valence-corrected chi connectivity index (χ4v) is 2.95. The Balaban J connectivity index is 2.14. The molecule has 2 aromatic carbocycles. The van der Waals surface area contributed by atoms with Gasteiger partial charge in [0, 0.05) is 10.6 Å². The van der Waals surface area contributed by atoms with Gasteiger partial charge in [-0.3, -0.25) is 4.79 Å². The number of benzene rings is 2. The Hall–Kier alpha value is -3.05. The fraction of sp³-hybridized carbons (Fsp3) is 0.273. The molecule has 0 aliphatic carbocycles. The van der Waals surface area contributed by atoms with Crippen LogP contribution in [0, 0.1) is 11.3 Å². The van der Waals surface area contributed by atoms with Crippen molar-refractivity contribution in [3.63, 3.8) is 0 Å². The van der Waals surface area contributed by atoms with Gasteiger partial charge in [-0.15, -0.1) is 0 Å². The van der Waals surface area contributed by atoms with Crippen LogP contribution in [0.3, 0.4) is 0 Å². The fourth-order valence-electron chi connectivity index (χ4n) is 2.46. The standard InChI is InChI=1S/C22H22F2N2O3S/c1-3-4-11-29-20-13-15(5-10-19(20)28-2)12-16(14-25)21(27)26-17-6-8-18(9-7-17)30-22(23)24/h5-10,12-13,22H,3-4,11H2,1-2H3,(H,26,27)/b16-12+. The minimum absolute atomic E-state index is 0.106. The summed E-state index contributed by atoms with van der Waals surface area (Å²) in [5, 5.41) is 12.0. The van der Waals surface area contributed by atoms with Gasteiger partial charge in [-0.2, -0.15) is 14.0 Å². The number of halogens is 2. The molecule has 0 aromatic heterocycles. The number of alkyl halides is 2. The minimum atomic E-state index is -2.51. The van der Waals surface area contributed by atoms with Crippen molar-refractivity contribution < 1.29 is 23.0 Å². The molecule has 0 spiro atoms. The lowest BCUT2D eigenvalue weighted by molar-refractivity contribution is -0.112. The number of unbranched alkanes of at least 4 members (excludes halogenated alkanes) is 1. The summed E-state index contributed by atoms with van der Waals surface area (Å²) in [5.74, 6) is -2.02. The summed E-state index contributed by atoms with van der Waals surface area (Å²) in [7, 11) is 1.54. The van der Waals surface area contributed by atoms with E-state index in [-0.39, 0.29) is 5.57 Å². The van der Waals surface area contributed by atoms with E-state index in [4.69, 9.17) is 9.47 Å². The van der Waals surface area contributed by atoms with Gasteiger partial charge in [-0.1, -0.05) is 31.2 Å². The molecule has 0 fully saturated rings. The number of anilines is 1. The number of hydrogen-bond donors (Lipinski definition) is 1. The summed E-state index contributed by atoms with van der Waals surface area (Å²) in [6.07, 6.45) is 3.33. The molecule has 1 amide bonds. The van der Waals surface area contributed by atoms with Crippen molar-refractivity contribution in [1.29, 1.82) is 5.26 Å². The molecule has 30 heavy (non-hydrogen) atoms. The van der Waals surface area contributed by atoms with Crippen molar-refractivity contribution in [3.05, 3.63) is 53.6 Å². The number of rotatable bonds is 10. The van der Waals surface area contributed by atoms with Gasteiger partial charge in [0.2, 0.25) is 0 Å².